The molecule has 3 aromatic rings. The molecule has 0 radical (unpaired) electrons. The number of H-pyrrole nitrogens is 1. The lowest BCUT2D eigenvalue weighted by Crippen LogP contribution is -2.50. The van der Waals surface area contributed by atoms with E-state index in [2.05, 4.69) is 15.3 Å². The van der Waals surface area contributed by atoms with E-state index in [1.807, 2.05) is 30.3 Å². The Balaban J connectivity index is 1.65. The van der Waals surface area contributed by atoms with E-state index in [0.29, 0.717) is 23.7 Å². The molecule has 1 amide bonds. The van der Waals surface area contributed by atoms with E-state index >= 15 is 0 Å². The quantitative estimate of drug-likeness (QED) is 0.673. The van der Waals surface area contributed by atoms with Gasteiger partial charge in [0.15, 0.2) is 0 Å². The zero-order chi connectivity index (χ0) is 18.1. The molecule has 1 fully saturated rings. The van der Waals surface area contributed by atoms with Crippen molar-refractivity contribution in [1.29, 1.82) is 0 Å². The molecule has 0 spiro atoms. The minimum atomic E-state index is -0.939. The van der Waals surface area contributed by atoms with Crippen LogP contribution in [-0.4, -0.2) is 26.6 Å². The predicted molar refractivity (Wildman–Crippen MR) is 97.8 cm³/mol. The second kappa shape index (κ2) is 6.38. The summed E-state index contributed by atoms with van der Waals surface area (Å²) in [4.78, 5) is 31.4. The molecule has 4 rings (SSSR count). The normalized spacial score (nSPS) is 16.7. The summed E-state index contributed by atoms with van der Waals surface area (Å²) in [5, 5.41) is 14.2. The molecule has 26 heavy (non-hydrogen) atoms. The van der Waals surface area contributed by atoms with Crippen LogP contribution in [0.25, 0.3) is 10.9 Å². The molecule has 1 atom stereocenters. The number of nitrogens with zero attached hydrogens (tertiary/aromatic N) is 1. The van der Waals surface area contributed by atoms with Crippen LogP contribution >= 0.6 is 0 Å². The zero-order valence-electron chi connectivity index (χ0n) is 14.1. The minimum absolute atomic E-state index is 0.215. The number of nitrogens with one attached hydrogen (secondary N) is 2. The second-order valence-electron chi connectivity index (χ2n) is 6.71. The Hall–Kier alpha value is -2.99. The molecule has 0 bridgehead atoms. The standard InChI is InChI=1S/C20H19N3O3/c24-18-14-7-8-16(22-15(14)9-12-21-18)19(25)23-17(20(26)10-4-11-20)13-5-2-1-3-6-13/h1-3,5-9,12,17,26H,4,10-11H2,(H,21,24)(H,23,25). The van der Waals surface area contributed by atoms with Gasteiger partial charge in [0.05, 0.1) is 22.5 Å². The monoisotopic (exact) mass is 349 g/mol. The Morgan fingerprint density at radius 1 is 1.15 bits per heavy atom. The first kappa shape index (κ1) is 16.5. The van der Waals surface area contributed by atoms with Gasteiger partial charge in [0, 0.05) is 6.20 Å². The number of aliphatic hydroxyl groups is 1. The van der Waals surface area contributed by atoms with Gasteiger partial charge in [-0.2, -0.15) is 0 Å². The van der Waals surface area contributed by atoms with Gasteiger partial charge in [-0.3, -0.25) is 9.59 Å². The number of amides is 1. The Kier molecular flexibility index (Phi) is 4.05. The SMILES string of the molecule is O=C(NC(c1ccccc1)C1(O)CCC1)c1ccc2c(=O)[nH]ccc2n1. The maximum absolute atomic E-state index is 12.8. The molecule has 1 aliphatic rings. The van der Waals surface area contributed by atoms with Gasteiger partial charge in [-0.25, -0.2) is 4.98 Å². The first-order chi connectivity index (χ1) is 12.6. The third kappa shape index (κ3) is 2.88. The van der Waals surface area contributed by atoms with Crippen molar-refractivity contribution in [2.75, 3.05) is 0 Å². The summed E-state index contributed by atoms with van der Waals surface area (Å²) in [6.07, 6.45) is 3.73. The molecule has 1 saturated carbocycles. The van der Waals surface area contributed by atoms with Crippen molar-refractivity contribution in [2.45, 2.75) is 30.9 Å². The van der Waals surface area contributed by atoms with Gasteiger partial charge in [0.25, 0.3) is 11.5 Å². The van der Waals surface area contributed by atoms with Crippen LogP contribution in [0.15, 0.2) is 59.5 Å². The van der Waals surface area contributed by atoms with Crippen molar-refractivity contribution in [1.82, 2.24) is 15.3 Å². The average molecular weight is 349 g/mol. The number of aromatic amines is 1. The van der Waals surface area contributed by atoms with Crippen LogP contribution in [0, 0.1) is 0 Å². The van der Waals surface area contributed by atoms with Crippen LogP contribution in [0.2, 0.25) is 0 Å². The molecule has 0 saturated heterocycles. The highest BCUT2D eigenvalue weighted by molar-refractivity contribution is 5.95. The van der Waals surface area contributed by atoms with E-state index in [0.717, 1.165) is 12.0 Å². The largest absolute Gasteiger partial charge is 0.387 e. The van der Waals surface area contributed by atoms with Crippen LogP contribution in [-0.2, 0) is 0 Å². The zero-order valence-corrected chi connectivity index (χ0v) is 14.1. The number of rotatable bonds is 4. The van der Waals surface area contributed by atoms with Crippen LogP contribution in [0.5, 0.6) is 0 Å². The van der Waals surface area contributed by atoms with Gasteiger partial charge in [-0.1, -0.05) is 30.3 Å². The topological polar surface area (TPSA) is 95.1 Å². The van der Waals surface area contributed by atoms with Gasteiger partial charge in [-0.15, -0.1) is 0 Å². The Morgan fingerprint density at radius 3 is 2.62 bits per heavy atom. The number of pyridine rings is 2. The third-order valence-electron chi connectivity index (χ3n) is 5.02. The van der Waals surface area contributed by atoms with Crippen LogP contribution in [0.3, 0.4) is 0 Å². The summed E-state index contributed by atoms with van der Waals surface area (Å²) in [5.74, 6) is -0.374. The van der Waals surface area contributed by atoms with Crippen molar-refractivity contribution >= 4 is 16.8 Å². The number of benzene rings is 1. The maximum Gasteiger partial charge on any atom is 0.270 e. The molecule has 2 heterocycles. The molecule has 6 nitrogen and oxygen atoms in total. The highest BCUT2D eigenvalue weighted by atomic mass is 16.3. The summed E-state index contributed by atoms with van der Waals surface area (Å²) in [6.45, 7) is 0. The van der Waals surface area contributed by atoms with Crippen molar-refractivity contribution < 1.29 is 9.90 Å². The lowest BCUT2D eigenvalue weighted by molar-refractivity contribution is -0.0641. The van der Waals surface area contributed by atoms with Gasteiger partial charge in [0.1, 0.15) is 5.69 Å². The van der Waals surface area contributed by atoms with Crippen LogP contribution < -0.4 is 10.9 Å². The Bertz CT molecular complexity index is 1010. The van der Waals surface area contributed by atoms with E-state index < -0.39 is 11.6 Å². The Morgan fingerprint density at radius 2 is 1.92 bits per heavy atom. The van der Waals surface area contributed by atoms with Crippen molar-refractivity contribution in [3.8, 4) is 0 Å². The molecular formula is C20H19N3O3. The third-order valence-corrected chi connectivity index (χ3v) is 5.02. The highest BCUT2D eigenvalue weighted by Crippen LogP contribution is 2.42. The number of carbonyl (C=O) groups excluding carboxylic acids is 1. The van der Waals surface area contributed by atoms with Crippen LogP contribution in [0.1, 0.15) is 41.4 Å². The van der Waals surface area contributed by atoms with Crippen molar-refractivity contribution in [2.24, 2.45) is 0 Å². The second-order valence-corrected chi connectivity index (χ2v) is 6.71. The molecule has 3 N–H and O–H groups in total. The fourth-order valence-electron chi connectivity index (χ4n) is 3.40. The number of fused-ring (bicyclic) bond motifs is 1. The van der Waals surface area contributed by atoms with E-state index in [1.165, 1.54) is 12.3 Å². The molecular weight excluding hydrogens is 330 g/mol. The predicted octanol–water partition coefficient (Wildman–Crippen LogP) is 2.31. The number of hydrogen-bond acceptors (Lipinski definition) is 4. The fraction of sp³-hybridized carbons (Fsp3) is 0.250. The van der Waals surface area contributed by atoms with Gasteiger partial charge < -0.3 is 15.4 Å². The van der Waals surface area contributed by atoms with Crippen molar-refractivity contribution in [3.05, 3.63) is 76.3 Å². The first-order valence-corrected chi connectivity index (χ1v) is 8.63. The van der Waals surface area contributed by atoms with E-state index in [1.54, 1.807) is 12.1 Å². The maximum atomic E-state index is 12.8. The molecule has 2 aromatic heterocycles. The smallest absolute Gasteiger partial charge is 0.270 e. The minimum Gasteiger partial charge on any atom is -0.387 e. The molecule has 132 valence electrons. The lowest BCUT2D eigenvalue weighted by Gasteiger charge is -2.43. The van der Waals surface area contributed by atoms with Gasteiger partial charge in [0.2, 0.25) is 0 Å². The molecule has 6 heteroatoms. The molecule has 1 aliphatic carbocycles. The van der Waals surface area contributed by atoms with Gasteiger partial charge >= 0.3 is 0 Å². The van der Waals surface area contributed by atoms with Crippen molar-refractivity contribution in [3.63, 3.8) is 0 Å². The van der Waals surface area contributed by atoms with E-state index in [9.17, 15) is 14.7 Å². The highest BCUT2D eigenvalue weighted by Gasteiger charge is 2.44. The summed E-state index contributed by atoms with van der Waals surface area (Å²) < 4.78 is 0. The number of aromatic nitrogens is 2. The lowest BCUT2D eigenvalue weighted by atomic mass is 9.72. The van der Waals surface area contributed by atoms with Gasteiger partial charge in [-0.05, 0) is 43.0 Å². The van der Waals surface area contributed by atoms with Crippen LogP contribution in [0.4, 0.5) is 0 Å². The van der Waals surface area contributed by atoms with E-state index in [-0.39, 0.29) is 17.2 Å². The summed E-state index contributed by atoms with van der Waals surface area (Å²) in [6, 6.07) is 13.7. The summed E-state index contributed by atoms with van der Waals surface area (Å²) in [5.41, 5.74) is 0.352. The molecule has 1 unspecified atom stereocenters. The summed E-state index contributed by atoms with van der Waals surface area (Å²) in [7, 11) is 0. The summed E-state index contributed by atoms with van der Waals surface area (Å²) >= 11 is 0. The molecule has 1 aromatic carbocycles. The molecule has 0 aliphatic heterocycles. The number of hydrogen-bond donors (Lipinski definition) is 3. The van der Waals surface area contributed by atoms with E-state index in [4.69, 9.17) is 0 Å². The fourth-order valence-corrected chi connectivity index (χ4v) is 3.40. The number of carbonyl (C=O) groups is 1. The first-order valence-electron chi connectivity index (χ1n) is 8.63. The average Bonchev–Trinajstić information content (AvgIpc) is 2.64. The Labute approximate surface area is 149 Å².